The van der Waals surface area contributed by atoms with E-state index in [1.165, 1.54) is 6.07 Å². The molecule has 114 valence electrons. The molecule has 1 unspecified atom stereocenters. The Kier molecular flexibility index (Phi) is 5.30. The summed E-state index contributed by atoms with van der Waals surface area (Å²) < 4.78 is 0.706. The summed E-state index contributed by atoms with van der Waals surface area (Å²) in [5.74, 6) is 0.221. The van der Waals surface area contributed by atoms with Crippen molar-refractivity contribution in [2.75, 3.05) is 13.1 Å². The summed E-state index contributed by atoms with van der Waals surface area (Å²) in [5.41, 5.74) is 1.68. The van der Waals surface area contributed by atoms with E-state index >= 15 is 0 Å². The van der Waals surface area contributed by atoms with Crippen LogP contribution < -0.4 is 0 Å². The lowest BCUT2D eigenvalue weighted by atomic mass is 9.93. The molecule has 21 heavy (non-hydrogen) atoms. The third-order valence-corrected chi connectivity index (χ3v) is 4.39. The van der Waals surface area contributed by atoms with Gasteiger partial charge < -0.3 is 5.21 Å². The molecule has 1 fully saturated rings. The summed E-state index contributed by atoms with van der Waals surface area (Å²) in [6, 6.07) is 5.15. The van der Waals surface area contributed by atoms with Crippen LogP contribution >= 0.6 is 15.9 Å². The van der Waals surface area contributed by atoms with E-state index < -0.39 is 0 Å². The molecule has 0 bridgehead atoms. The van der Waals surface area contributed by atoms with Gasteiger partial charge in [0.15, 0.2) is 0 Å². The standard InChI is InChI=1S/C14H18BrN3O3/c1-2-10-8-17(6-5-13(10)16-19)9-11-3-4-12(15)7-14(11)18(20)21/h3-4,7,10,19H,2,5-6,8-9H2,1H3/b16-13+. The number of oxime groups is 1. The highest BCUT2D eigenvalue weighted by Crippen LogP contribution is 2.26. The first-order chi connectivity index (χ1) is 10.0. The Morgan fingerprint density at radius 2 is 2.33 bits per heavy atom. The first kappa shape index (κ1) is 15.9. The maximum absolute atomic E-state index is 11.1. The molecule has 7 heteroatoms. The second-order valence-corrected chi connectivity index (χ2v) is 6.13. The lowest BCUT2D eigenvalue weighted by Crippen LogP contribution is -2.40. The van der Waals surface area contributed by atoms with Gasteiger partial charge in [-0.1, -0.05) is 28.0 Å². The highest BCUT2D eigenvalue weighted by molar-refractivity contribution is 9.10. The molecule has 0 aromatic heterocycles. The molecule has 1 saturated heterocycles. The minimum absolute atomic E-state index is 0.138. The van der Waals surface area contributed by atoms with Crippen molar-refractivity contribution in [1.82, 2.24) is 4.90 Å². The van der Waals surface area contributed by atoms with Crippen molar-refractivity contribution in [2.45, 2.75) is 26.3 Å². The number of rotatable bonds is 4. The third kappa shape index (κ3) is 3.79. The SMILES string of the molecule is CCC1CN(Cc2ccc(Br)cc2[N+](=O)[O-])CC/C1=N\O. The van der Waals surface area contributed by atoms with Crippen LogP contribution in [-0.4, -0.2) is 33.8 Å². The smallest absolute Gasteiger partial charge is 0.275 e. The largest absolute Gasteiger partial charge is 0.411 e. The molecule has 0 spiro atoms. The number of nitrogens with zero attached hydrogens (tertiary/aromatic N) is 3. The van der Waals surface area contributed by atoms with Gasteiger partial charge in [-0.15, -0.1) is 0 Å². The molecule has 0 radical (unpaired) electrons. The summed E-state index contributed by atoms with van der Waals surface area (Å²) in [5, 5.41) is 23.5. The predicted octanol–water partition coefficient (Wildman–Crippen LogP) is 3.42. The average Bonchev–Trinajstić information content (AvgIpc) is 2.48. The number of hydrogen-bond donors (Lipinski definition) is 1. The van der Waals surface area contributed by atoms with Gasteiger partial charge in [-0.2, -0.15) is 0 Å². The van der Waals surface area contributed by atoms with Crippen LogP contribution in [0.25, 0.3) is 0 Å². The predicted molar refractivity (Wildman–Crippen MR) is 83.7 cm³/mol. The molecule has 1 aliphatic heterocycles. The minimum atomic E-state index is -0.345. The Morgan fingerprint density at radius 1 is 1.57 bits per heavy atom. The number of likely N-dealkylation sites (tertiary alicyclic amines) is 1. The van der Waals surface area contributed by atoms with Gasteiger partial charge in [0.25, 0.3) is 5.69 Å². The van der Waals surface area contributed by atoms with E-state index in [0.717, 1.165) is 25.2 Å². The van der Waals surface area contributed by atoms with Gasteiger partial charge in [-0.25, -0.2) is 0 Å². The van der Waals surface area contributed by atoms with Gasteiger partial charge in [0.1, 0.15) is 0 Å². The maximum Gasteiger partial charge on any atom is 0.275 e. The zero-order valence-corrected chi connectivity index (χ0v) is 13.4. The molecule has 2 rings (SSSR count). The molecule has 1 aromatic carbocycles. The Balaban J connectivity index is 2.14. The summed E-state index contributed by atoms with van der Waals surface area (Å²) in [6.45, 7) is 4.12. The summed E-state index contributed by atoms with van der Waals surface area (Å²) in [4.78, 5) is 13.0. The lowest BCUT2D eigenvalue weighted by molar-refractivity contribution is -0.385. The molecule has 1 heterocycles. The molecular formula is C14H18BrN3O3. The number of benzene rings is 1. The van der Waals surface area contributed by atoms with Crippen molar-refractivity contribution in [3.63, 3.8) is 0 Å². The van der Waals surface area contributed by atoms with E-state index in [2.05, 4.69) is 32.9 Å². The highest BCUT2D eigenvalue weighted by Gasteiger charge is 2.26. The normalized spacial score (nSPS) is 21.6. The van der Waals surface area contributed by atoms with Crippen molar-refractivity contribution in [3.8, 4) is 0 Å². The third-order valence-electron chi connectivity index (χ3n) is 3.89. The van der Waals surface area contributed by atoms with Crippen LogP contribution in [0.15, 0.2) is 27.8 Å². The second-order valence-electron chi connectivity index (χ2n) is 5.21. The number of halogens is 1. The van der Waals surface area contributed by atoms with Gasteiger partial charge in [0, 0.05) is 48.1 Å². The van der Waals surface area contributed by atoms with E-state index in [1.54, 1.807) is 6.07 Å². The molecule has 1 aromatic rings. The van der Waals surface area contributed by atoms with Gasteiger partial charge in [0.2, 0.25) is 0 Å². The molecule has 0 aliphatic carbocycles. The van der Waals surface area contributed by atoms with Crippen molar-refractivity contribution in [1.29, 1.82) is 0 Å². The summed E-state index contributed by atoms with van der Waals surface area (Å²) in [7, 11) is 0. The van der Waals surface area contributed by atoms with Gasteiger partial charge >= 0.3 is 0 Å². The van der Waals surface area contributed by atoms with E-state index in [1.807, 2.05) is 6.07 Å². The van der Waals surface area contributed by atoms with Gasteiger partial charge in [-0.05, 0) is 18.6 Å². The number of nitro groups is 1. The lowest BCUT2D eigenvalue weighted by Gasteiger charge is -2.32. The van der Waals surface area contributed by atoms with Crippen molar-refractivity contribution in [3.05, 3.63) is 38.3 Å². The van der Waals surface area contributed by atoms with Crippen molar-refractivity contribution in [2.24, 2.45) is 11.1 Å². The van der Waals surface area contributed by atoms with E-state index in [9.17, 15) is 10.1 Å². The number of piperidine rings is 1. The Labute approximate surface area is 131 Å². The summed E-state index contributed by atoms with van der Waals surface area (Å²) >= 11 is 3.27. The zero-order valence-electron chi connectivity index (χ0n) is 11.8. The Bertz CT molecular complexity index is 562. The zero-order chi connectivity index (χ0) is 15.4. The monoisotopic (exact) mass is 355 g/mol. The quantitative estimate of drug-likeness (QED) is 0.509. The van der Waals surface area contributed by atoms with Gasteiger partial charge in [-0.3, -0.25) is 15.0 Å². The topological polar surface area (TPSA) is 79.0 Å². The maximum atomic E-state index is 11.1. The Morgan fingerprint density at radius 3 is 2.95 bits per heavy atom. The fourth-order valence-electron chi connectivity index (χ4n) is 2.71. The first-order valence-electron chi connectivity index (χ1n) is 6.91. The van der Waals surface area contributed by atoms with Crippen LogP contribution in [0.2, 0.25) is 0 Å². The molecule has 1 N–H and O–H groups in total. The van der Waals surface area contributed by atoms with Gasteiger partial charge in [0.05, 0.1) is 10.6 Å². The molecule has 1 atom stereocenters. The number of nitro benzene ring substituents is 1. The van der Waals surface area contributed by atoms with Crippen LogP contribution in [0.4, 0.5) is 5.69 Å². The molecule has 0 amide bonds. The summed E-state index contributed by atoms with van der Waals surface area (Å²) in [6.07, 6.45) is 1.61. The fourth-order valence-corrected chi connectivity index (χ4v) is 3.06. The van der Waals surface area contributed by atoms with Crippen LogP contribution in [0.1, 0.15) is 25.3 Å². The number of hydrogen-bond acceptors (Lipinski definition) is 5. The van der Waals surface area contributed by atoms with Crippen molar-refractivity contribution < 1.29 is 10.1 Å². The van der Waals surface area contributed by atoms with Crippen LogP contribution in [-0.2, 0) is 6.54 Å². The highest BCUT2D eigenvalue weighted by atomic mass is 79.9. The Hall–Kier alpha value is -1.47. The minimum Gasteiger partial charge on any atom is -0.411 e. The van der Waals surface area contributed by atoms with Crippen LogP contribution in [0, 0.1) is 16.0 Å². The van der Waals surface area contributed by atoms with Crippen molar-refractivity contribution >= 4 is 27.3 Å². The van der Waals surface area contributed by atoms with Crippen LogP contribution in [0.3, 0.4) is 0 Å². The molecule has 0 saturated carbocycles. The fraction of sp³-hybridized carbons (Fsp3) is 0.500. The van der Waals surface area contributed by atoms with E-state index in [0.29, 0.717) is 23.0 Å². The van der Waals surface area contributed by atoms with E-state index in [4.69, 9.17) is 5.21 Å². The first-order valence-corrected chi connectivity index (χ1v) is 7.70. The molecule has 6 nitrogen and oxygen atoms in total. The van der Waals surface area contributed by atoms with Crippen LogP contribution in [0.5, 0.6) is 0 Å². The van der Waals surface area contributed by atoms with E-state index in [-0.39, 0.29) is 16.5 Å². The molecular weight excluding hydrogens is 338 g/mol. The average molecular weight is 356 g/mol. The molecule has 1 aliphatic rings. The second kappa shape index (κ2) is 7.00.